The van der Waals surface area contributed by atoms with Gasteiger partial charge in [0.1, 0.15) is 11.6 Å². The summed E-state index contributed by atoms with van der Waals surface area (Å²) in [7, 11) is 0. The van der Waals surface area contributed by atoms with Gasteiger partial charge in [0.05, 0.1) is 10.6 Å². The lowest BCUT2D eigenvalue weighted by Gasteiger charge is -2.33. The van der Waals surface area contributed by atoms with Gasteiger partial charge in [0, 0.05) is 36.5 Å². The summed E-state index contributed by atoms with van der Waals surface area (Å²) in [5, 5.41) is 27.4. The van der Waals surface area contributed by atoms with E-state index in [-0.39, 0.29) is 11.3 Å². The Morgan fingerprint density at radius 2 is 2.30 bits per heavy atom. The topological polar surface area (TPSA) is 98.8 Å². The summed E-state index contributed by atoms with van der Waals surface area (Å²) in [6, 6.07) is 8.72. The molecule has 23 heavy (non-hydrogen) atoms. The number of aromatic amines is 1. The number of nitriles is 1. The number of aromatic nitrogens is 2. The van der Waals surface area contributed by atoms with Crippen molar-refractivity contribution in [3.05, 3.63) is 51.3 Å². The molecule has 1 aromatic heterocycles. The van der Waals surface area contributed by atoms with Crippen LogP contribution in [0, 0.1) is 28.4 Å². The number of aryl methyl sites for hydroxylation is 1. The maximum Gasteiger partial charge on any atom is 0.287 e. The molecule has 1 saturated heterocycles. The fraction of sp³-hybridized carbons (Fsp3) is 0.375. The van der Waals surface area contributed by atoms with Crippen molar-refractivity contribution in [2.24, 2.45) is 0 Å². The van der Waals surface area contributed by atoms with Crippen molar-refractivity contribution in [2.75, 3.05) is 18.0 Å². The van der Waals surface area contributed by atoms with Crippen LogP contribution >= 0.6 is 0 Å². The van der Waals surface area contributed by atoms with Crippen LogP contribution in [0.1, 0.15) is 35.7 Å². The van der Waals surface area contributed by atoms with Crippen LogP contribution in [0.15, 0.2) is 24.3 Å². The van der Waals surface area contributed by atoms with Crippen LogP contribution in [0.5, 0.6) is 0 Å². The number of piperidine rings is 1. The van der Waals surface area contributed by atoms with Crippen molar-refractivity contribution in [2.45, 2.75) is 25.7 Å². The summed E-state index contributed by atoms with van der Waals surface area (Å²) in [5.74, 6) is 0.328. The first kappa shape index (κ1) is 15.0. The van der Waals surface area contributed by atoms with E-state index in [2.05, 4.69) is 21.2 Å². The van der Waals surface area contributed by atoms with Crippen LogP contribution in [-0.4, -0.2) is 28.2 Å². The van der Waals surface area contributed by atoms with E-state index in [4.69, 9.17) is 5.26 Å². The van der Waals surface area contributed by atoms with Gasteiger partial charge in [-0.3, -0.25) is 15.2 Å². The number of H-pyrrole nitrogens is 1. The molecule has 0 bridgehead atoms. The summed E-state index contributed by atoms with van der Waals surface area (Å²) < 4.78 is 0. The van der Waals surface area contributed by atoms with Crippen LogP contribution in [-0.2, 0) is 0 Å². The van der Waals surface area contributed by atoms with Crippen LogP contribution in [0.4, 0.5) is 11.4 Å². The van der Waals surface area contributed by atoms with E-state index in [1.54, 1.807) is 12.1 Å². The molecule has 0 amide bonds. The predicted molar refractivity (Wildman–Crippen MR) is 85.3 cm³/mol. The Labute approximate surface area is 133 Å². The molecule has 7 nitrogen and oxygen atoms in total. The van der Waals surface area contributed by atoms with Gasteiger partial charge in [0.25, 0.3) is 5.69 Å². The average Bonchev–Trinajstić information content (AvgIpc) is 3.01. The number of nitrogens with zero attached hydrogens (tertiary/aromatic N) is 4. The lowest BCUT2D eigenvalue weighted by molar-refractivity contribution is -0.385. The fourth-order valence-corrected chi connectivity index (χ4v) is 3.07. The third-order valence-electron chi connectivity index (χ3n) is 4.23. The first-order chi connectivity index (χ1) is 11.1. The van der Waals surface area contributed by atoms with Crippen molar-refractivity contribution in [1.82, 2.24) is 10.2 Å². The largest absolute Gasteiger partial charge is 0.371 e. The normalized spacial score (nSPS) is 17.7. The zero-order valence-electron chi connectivity index (χ0n) is 12.8. The molecule has 0 spiro atoms. The smallest absolute Gasteiger partial charge is 0.287 e. The number of nitro benzene ring substituents is 1. The zero-order chi connectivity index (χ0) is 16.4. The summed E-state index contributed by atoms with van der Waals surface area (Å²) in [4.78, 5) is 12.6. The SMILES string of the molecule is Cc1cc(C2CCCN(c3ccc([N+](=O)[O-])c(C#N)c3)C2)n[nH]1. The van der Waals surface area contributed by atoms with Crippen molar-refractivity contribution >= 4 is 11.4 Å². The number of nitrogens with one attached hydrogen (secondary N) is 1. The minimum Gasteiger partial charge on any atom is -0.371 e. The van der Waals surface area contributed by atoms with E-state index in [1.165, 1.54) is 6.07 Å². The molecule has 7 heteroatoms. The molecule has 1 aliphatic heterocycles. The van der Waals surface area contributed by atoms with Gasteiger partial charge in [0.2, 0.25) is 0 Å². The monoisotopic (exact) mass is 311 g/mol. The van der Waals surface area contributed by atoms with Crippen molar-refractivity contribution in [3.63, 3.8) is 0 Å². The van der Waals surface area contributed by atoms with Gasteiger partial charge >= 0.3 is 0 Å². The second-order valence-electron chi connectivity index (χ2n) is 5.83. The standard InChI is InChI=1S/C16H17N5O2/c1-11-7-15(19-18-11)12-3-2-6-20(10-12)14-4-5-16(21(22)23)13(8-14)9-17/h4-5,7-8,12H,2-3,6,10H2,1H3,(H,18,19). The molecule has 118 valence electrons. The minimum absolute atomic E-state index is 0.102. The maximum atomic E-state index is 10.9. The molecule has 2 heterocycles. The quantitative estimate of drug-likeness (QED) is 0.694. The zero-order valence-corrected chi connectivity index (χ0v) is 12.8. The first-order valence-corrected chi connectivity index (χ1v) is 7.54. The van der Waals surface area contributed by atoms with Gasteiger partial charge in [-0.15, -0.1) is 0 Å². The number of anilines is 1. The third kappa shape index (κ3) is 3.01. The molecule has 1 N–H and O–H groups in total. The second-order valence-corrected chi connectivity index (χ2v) is 5.83. The molecule has 1 aliphatic rings. The van der Waals surface area contributed by atoms with Crippen molar-refractivity contribution < 1.29 is 4.92 Å². The van der Waals surface area contributed by atoms with E-state index < -0.39 is 4.92 Å². The molecule has 0 radical (unpaired) electrons. The molecule has 1 unspecified atom stereocenters. The Morgan fingerprint density at radius 3 is 2.96 bits per heavy atom. The summed E-state index contributed by atoms with van der Waals surface area (Å²) >= 11 is 0. The highest BCUT2D eigenvalue weighted by Gasteiger charge is 2.24. The van der Waals surface area contributed by atoms with Crippen LogP contribution in [0.2, 0.25) is 0 Å². The van der Waals surface area contributed by atoms with Crippen LogP contribution in [0.25, 0.3) is 0 Å². The lowest BCUT2D eigenvalue weighted by Crippen LogP contribution is -2.34. The highest BCUT2D eigenvalue weighted by Crippen LogP contribution is 2.31. The highest BCUT2D eigenvalue weighted by atomic mass is 16.6. The molecule has 2 aromatic rings. The van der Waals surface area contributed by atoms with Gasteiger partial charge in [-0.05, 0) is 38.0 Å². The molecule has 0 saturated carbocycles. The average molecular weight is 311 g/mol. The van der Waals surface area contributed by atoms with E-state index in [9.17, 15) is 10.1 Å². The fourth-order valence-electron chi connectivity index (χ4n) is 3.07. The van der Waals surface area contributed by atoms with E-state index >= 15 is 0 Å². The van der Waals surface area contributed by atoms with E-state index in [0.29, 0.717) is 5.92 Å². The van der Waals surface area contributed by atoms with E-state index in [1.807, 2.05) is 13.0 Å². The number of rotatable bonds is 3. The highest BCUT2D eigenvalue weighted by molar-refractivity contribution is 5.60. The number of benzene rings is 1. The van der Waals surface area contributed by atoms with Gasteiger partial charge < -0.3 is 4.90 Å². The van der Waals surface area contributed by atoms with Crippen LogP contribution in [0.3, 0.4) is 0 Å². The molecule has 1 fully saturated rings. The molecule has 0 aliphatic carbocycles. The molecular formula is C16H17N5O2. The summed E-state index contributed by atoms with van der Waals surface area (Å²) in [6.07, 6.45) is 2.09. The van der Waals surface area contributed by atoms with Gasteiger partial charge in [-0.1, -0.05) is 0 Å². The number of nitro groups is 1. The van der Waals surface area contributed by atoms with Crippen LogP contribution < -0.4 is 4.90 Å². The van der Waals surface area contributed by atoms with E-state index in [0.717, 1.165) is 43.0 Å². The number of hydrogen-bond donors (Lipinski definition) is 1. The molecular weight excluding hydrogens is 294 g/mol. The number of hydrogen-bond acceptors (Lipinski definition) is 5. The Bertz CT molecular complexity index is 777. The maximum absolute atomic E-state index is 10.9. The lowest BCUT2D eigenvalue weighted by atomic mass is 9.94. The predicted octanol–water partition coefficient (Wildman–Crippen LogP) is 2.88. The van der Waals surface area contributed by atoms with Gasteiger partial charge in [0.15, 0.2) is 0 Å². The van der Waals surface area contributed by atoms with Gasteiger partial charge in [-0.2, -0.15) is 10.4 Å². The summed E-state index contributed by atoms with van der Waals surface area (Å²) in [6.45, 7) is 3.65. The molecule has 1 aromatic carbocycles. The Hall–Kier alpha value is -2.88. The first-order valence-electron chi connectivity index (χ1n) is 7.54. The molecule has 3 rings (SSSR count). The Kier molecular flexibility index (Phi) is 3.98. The Balaban J connectivity index is 1.84. The second kappa shape index (κ2) is 6.08. The third-order valence-corrected chi connectivity index (χ3v) is 4.23. The van der Waals surface area contributed by atoms with Gasteiger partial charge in [-0.25, -0.2) is 0 Å². The minimum atomic E-state index is -0.520. The molecule has 1 atom stereocenters. The summed E-state index contributed by atoms with van der Waals surface area (Å²) in [5.41, 5.74) is 2.90. The Morgan fingerprint density at radius 1 is 1.48 bits per heavy atom. The van der Waals surface area contributed by atoms with Crippen molar-refractivity contribution in [1.29, 1.82) is 5.26 Å². The van der Waals surface area contributed by atoms with Crippen molar-refractivity contribution in [3.8, 4) is 6.07 Å².